The third-order valence-corrected chi connectivity index (χ3v) is 5.30. The van der Waals surface area contributed by atoms with Gasteiger partial charge in [-0.3, -0.25) is 14.5 Å². The number of hydrogen-bond donors (Lipinski definition) is 0. The van der Waals surface area contributed by atoms with Crippen molar-refractivity contribution in [1.82, 2.24) is 9.80 Å². The van der Waals surface area contributed by atoms with Gasteiger partial charge in [-0.15, -0.1) is 6.58 Å². The van der Waals surface area contributed by atoms with Gasteiger partial charge in [-0.05, 0) is 38.1 Å². The molecule has 0 atom stereocenters. The van der Waals surface area contributed by atoms with Crippen LogP contribution in [-0.4, -0.2) is 74.1 Å². The summed E-state index contributed by atoms with van der Waals surface area (Å²) in [5.41, 5.74) is 0.889. The van der Waals surface area contributed by atoms with Crippen molar-refractivity contribution >= 4 is 17.5 Å². The number of nitrogens with zero attached hydrogens (tertiary/aromatic N) is 3. The molecule has 2 fully saturated rings. The van der Waals surface area contributed by atoms with Gasteiger partial charge in [-0.1, -0.05) is 24.3 Å². The zero-order valence-electron chi connectivity index (χ0n) is 15.9. The highest BCUT2D eigenvalue weighted by Gasteiger charge is 2.30. The number of para-hydroxylation sites is 1. The van der Waals surface area contributed by atoms with Gasteiger partial charge in [0.25, 0.3) is 0 Å². The molecule has 6 heteroatoms. The molecule has 27 heavy (non-hydrogen) atoms. The molecule has 0 unspecified atom stereocenters. The number of morpholine rings is 1. The van der Waals surface area contributed by atoms with E-state index in [1.807, 2.05) is 35.2 Å². The zero-order chi connectivity index (χ0) is 19.1. The van der Waals surface area contributed by atoms with Crippen LogP contribution >= 0.6 is 0 Å². The average Bonchev–Trinajstić information content (AvgIpc) is 2.73. The van der Waals surface area contributed by atoms with Gasteiger partial charge in [0.2, 0.25) is 11.8 Å². The molecule has 0 aromatic heterocycles. The number of anilines is 1. The van der Waals surface area contributed by atoms with Crippen molar-refractivity contribution in [2.45, 2.75) is 12.8 Å². The lowest BCUT2D eigenvalue weighted by Gasteiger charge is -2.35. The molecule has 3 rings (SSSR count). The summed E-state index contributed by atoms with van der Waals surface area (Å²) in [4.78, 5) is 31.3. The van der Waals surface area contributed by atoms with Crippen LogP contribution in [0.25, 0.3) is 0 Å². The quantitative estimate of drug-likeness (QED) is 0.716. The average molecular weight is 371 g/mol. The van der Waals surface area contributed by atoms with E-state index < -0.39 is 0 Å². The van der Waals surface area contributed by atoms with E-state index in [9.17, 15) is 9.59 Å². The van der Waals surface area contributed by atoms with Gasteiger partial charge in [0.05, 0.1) is 19.8 Å². The van der Waals surface area contributed by atoms with Crippen molar-refractivity contribution in [2.24, 2.45) is 5.92 Å². The maximum Gasteiger partial charge on any atom is 0.241 e. The van der Waals surface area contributed by atoms with Crippen molar-refractivity contribution in [3.05, 3.63) is 43.0 Å². The minimum absolute atomic E-state index is 0.0686. The molecule has 1 aromatic carbocycles. The number of amides is 2. The van der Waals surface area contributed by atoms with Gasteiger partial charge < -0.3 is 14.5 Å². The molecule has 2 aliphatic heterocycles. The number of carbonyl (C=O) groups is 2. The normalized spacial score (nSPS) is 18.9. The van der Waals surface area contributed by atoms with Crippen LogP contribution in [-0.2, 0) is 14.3 Å². The summed E-state index contributed by atoms with van der Waals surface area (Å²) in [6.45, 7) is 8.88. The van der Waals surface area contributed by atoms with Crippen LogP contribution in [0.1, 0.15) is 12.8 Å². The summed E-state index contributed by atoms with van der Waals surface area (Å²) in [6, 6.07) is 9.68. The van der Waals surface area contributed by atoms with Crippen LogP contribution < -0.4 is 4.90 Å². The summed E-state index contributed by atoms with van der Waals surface area (Å²) in [7, 11) is 0. The summed E-state index contributed by atoms with van der Waals surface area (Å²) >= 11 is 0. The van der Waals surface area contributed by atoms with E-state index in [1.165, 1.54) is 0 Å². The fourth-order valence-corrected chi connectivity index (χ4v) is 3.74. The molecule has 2 saturated heterocycles. The van der Waals surface area contributed by atoms with Crippen LogP contribution in [0.15, 0.2) is 43.0 Å². The van der Waals surface area contributed by atoms with Crippen molar-refractivity contribution in [3.8, 4) is 0 Å². The number of benzene rings is 1. The molecule has 0 N–H and O–H groups in total. The number of ether oxygens (including phenoxy) is 1. The second-order valence-corrected chi connectivity index (χ2v) is 7.12. The van der Waals surface area contributed by atoms with Crippen LogP contribution in [0.5, 0.6) is 0 Å². The minimum Gasteiger partial charge on any atom is -0.378 e. The van der Waals surface area contributed by atoms with Crippen LogP contribution in [0, 0.1) is 5.92 Å². The molecule has 146 valence electrons. The fraction of sp³-hybridized carbons (Fsp3) is 0.524. The molecular weight excluding hydrogens is 342 g/mol. The number of rotatable bonds is 6. The Labute approximate surface area is 161 Å². The predicted octanol–water partition coefficient (Wildman–Crippen LogP) is 1.78. The number of piperidine rings is 1. The largest absolute Gasteiger partial charge is 0.378 e. The van der Waals surface area contributed by atoms with Gasteiger partial charge in [0.15, 0.2) is 0 Å². The summed E-state index contributed by atoms with van der Waals surface area (Å²) in [5.74, 6) is 0.397. The van der Waals surface area contributed by atoms with Gasteiger partial charge in [-0.2, -0.15) is 0 Å². The molecule has 2 aliphatic rings. The van der Waals surface area contributed by atoms with Crippen molar-refractivity contribution in [1.29, 1.82) is 0 Å². The van der Waals surface area contributed by atoms with E-state index in [1.54, 1.807) is 11.0 Å². The summed E-state index contributed by atoms with van der Waals surface area (Å²) in [5, 5.41) is 0. The van der Waals surface area contributed by atoms with E-state index in [4.69, 9.17) is 4.74 Å². The second-order valence-electron chi connectivity index (χ2n) is 7.12. The van der Waals surface area contributed by atoms with E-state index in [0.29, 0.717) is 39.4 Å². The van der Waals surface area contributed by atoms with E-state index >= 15 is 0 Å². The Bertz CT molecular complexity index is 635. The molecule has 0 aliphatic carbocycles. The molecule has 6 nitrogen and oxygen atoms in total. The fourth-order valence-electron chi connectivity index (χ4n) is 3.74. The smallest absolute Gasteiger partial charge is 0.241 e. The third kappa shape index (κ3) is 5.17. The Balaban J connectivity index is 1.51. The topological polar surface area (TPSA) is 53.1 Å². The second kappa shape index (κ2) is 9.67. The third-order valence-electron chi connectivity index (χ3n) is 5.30. The predicted molar refractivity (Wildman–Crippen MR) is 106 cm³/mol. The Morgan fingerprint density at radius 3 is 2.41 bits per heavy atom. The van der Waals surface area contributed by atoms with E-state index in [2.05, 4.69) is 11.5 Å². The van der Waals surface area contributed by atoms with Gasteiger partial charge in [0, 0.05) is 31.2 Å². The van der Waals surface area contributed by atoms with Crippen LogP contribution in [0.4, 0.5) is 5.69 Å². The first-order valence-corrected chi connectivity index (χ1v) is 9.74. The molecule has 0 spiro atoms. The van der Waals surface area contributed by atoms with Crippen molar-refractivity contribution in [2.75, 3.05) is 57.4 Å². The monoisotopic (exact) mass is 371 g/mol. The number of likely N-dealkylation sites (tertiary alicyclic amines) is 1. The highest BCUT2D eigenvalue weighted by atomic mass is 16.5. The highest BCUT2D eigenvalue weighted by Crippen LogP contribution is 2.21. The molecular formula is C21H29N3O3. The van der Waals surface area contributed by atoms with Gasteiger partial charge >= 0.3 is 0 Å². The Morgan fingerprint density at radius 1 is 1.11 bits per heavy atom. The summed E-state index contributed by atoms with van der Waals surface area (Å²) < 4.78 is 5.33. The van der Waals surface area contributed by atoms with Crippen LogP contribution in [0.3, 0.4) is 0 Å². The molecule has 0 saturated carbocycles. The maximum absolute atomic E-state index is 12.8. The SMILES string of the molecule is C=CCN(C(=O)CN1CCC(C(=O)N2CCOCC2)CC1)c1ccccc1. The van der Waals surface area contributed by atoms with E-state index in [0.717, 1.165) is 31.6 Å². The molecule has 2 amide bonds. The maximum atomic E-state index is 12.8. The minimum atomic E-state index is 0.0686. The van der Waals surface area contributed by atoms with Crippen LogP contribution in [0.2, 0.25) is 0 Å². The van der Waals surface area contributed by atoms with Crippen molar-refractivity contribution in [3.63, 3.8) is 0 Å². The number of hydrogen-bond acceptors (Lipinski definition) is 4. The Kier molecular flexibility index (Phi) is 7.01. The molecule has 0 bridgehead atoms. The molecule has 0 radical (unpaired) electrons. The zero-order valence-corrected chi connectivity index (χ0v) is 15.9. The van der Waals surface area contributed by atoms with Crippen molar-refractivity contribution < 1.29 is 14.3 Å². The summed E-state index contributed by atoms with van der Waals surface area (Å²) in [6.07, 6.45) is 3.38. The lowest BCUT2D eigenvalue weighted by Crippen LogP contribution is -2.48. The first-order valence-electron chi connectivity index (χ1n) is 9.74. The van der Waals surface area contributed by atoms with Gasteiger partial charge in [0.1, 0.15) is 0 Å². The lowest BCUT2D eigenvalue weighted by atomic mass is 9.95. The Hall–Kier alpha value is -2.18. The van der Waals surface area contributed by atoms with E-state index in [-0.39, 0.29) is 17.7 Å². The lowest BCUT2D eigenvalue weighted by molar-refractivity contribution is -0.141. The standard InChI is InChI=1S/C21H29N3O3/c1-2-10-24(19-6-4-3-5-7-19)20(25)17-22-11-8-18(9-12-22)21(26)23-13-15-27-16-14-23/h2-7,18H,1,8-17H2. The first kappa shape index (κ1) is 19.6. The molecule has 1 aromatic rings. The number of carbonyl (C=O) groups excluding carboxylic acids is 2. The van der Waals surface area contributed by atoms with Gasteiger partial charge in [-0.25, -0.2) is 0 Å². The Morgan fingerprint density at radius 2 is 1.78 bits per heavy atom. The molecule has 2 heterocycles. The first-order chi connectivity index (χ1) is 13.2. The highest BCUT2D eigenvalue weighted by molar-refractivity contribution is 5.95.